The molecule has 2 aromatic carbocycles. The Labute approximate surface area is 150 Å². The second-order valence-electron chi connectivity index (χ2n) is 5.56. The third kappa shape index (κ3) is 4.45. The molecule has 0 aliphatic carbocycles. The number of hydrogen-bond donors (Lipinski definition) is 0. The average molecular weight is 352 g/mol. The lowest BCUT2D eigenvalue weighted by molar-refractivity contribution is 0.0781. The van der Waals surface area contributed by atoms with Crippen molar-refractivity contribution in [2.45, 2.75) is 16.5 Å². The maximum atomic E-state index is 13.0. The number of halogens is 1. The zero-order valence-electron chi connectivity index (χ0n) is 13.7. The van der Waals surface area contributed by atoms with Gasteiger partial charge in [-0.15, -0.1) is 0 Å². The molecule has 0 aliphatic heterocycles. The van der Waals surface area contributed by atoms with Crippen molar-refractivity contribution in [3.63, 3.8) is 0 Å². The van der Waals surface area contributed by atoms with Crippen LogP contribution in [0.1, 0.15) is 15.9 Å². The van der Waals surface area contributed by atoms with Crippen LogP contribution < -0.4 is 0 Å². The summed E-state index contributed by atoms with van der Waals surface area (Å²) in [5.74, 6) is -0.401. The van der Waals surface area contributed by atoms with Crippen LogP contribution in [0.5, 0.6) is 0 Å². The van der Waals surface area contributed by atoms with Gasteiger partial charge in [0.15, 0.2) is 0 Å². The summed E-state index contributed by atoms with van der Waals surface area (Å²) < 4.78 is 13.0. The minimum Gasteiger partial charge on any atom is -0.337 e. The fraction of sp³-hybridized carbons (Fsp3) is 0.100. The molecule has 0 saturated heterocycles. The van der Waals surface area contributed by atoms with Crippen molar-refractivity contribution in [1.29, 1.82) is 0 Å². The van der Waals surface area contributed by atoms with Gasteiger partial charge in [0.25, 0.3) is 5.91 Å². The van der Waals surface area contributed by atoms with E-state index >= 15 is 0 Å². The molecule has 0 fully saturated rings. The number of carbonyl (C=O) groups is 1. The lowest BCUT2D eigenvalue weighted by Crippen LogP contribution is -2.26. The van der Waals surface area contributed by atoms with Gasteiger partial charge in [-0.3, -0.25) is 4.79 Å². The van der Waals surface area contributed by atoms with E-state index in [-0.39, 0.29) is 11.7 Å². The normalized spacial score (nSPS) is 10.5. The van der Waals surface area contributed by atoms with Gasteiger partial charge in [-0.25, -0.2) is 9.37 Å². The molecule has 1 amide bonds. The van der Waals surface area contributed by atoms with E-state index in [1.807, 2.05) is 30.3 Å². The van der Waals surface area contributed by atoms with Crippen LogP contribution in [0.15, 0.2) is 82.8 Å². The Kier molecular flexibility index (Phi) is 5.46. The molecule has 0 spiro atoms. The number of nitrogens with zero attached hydrogens (tertiary/aromatic N) is 2. The van der Waals surface area contributed by atoms with Crippen LogP contribution in [0, 0.1) is 5.82 Å². The molecular formula is C20H17FN2OS. The van der Waals surface area contributed by atoms with Crippen molar-refractivity contribution in [1.82, 2.24) is 9.88 Å². The van der Waals surface area contributed by atoms with Gasteiger partial charge in [-0.05, 0) is 42.0 Å². The largest absolute Gasteiger partial charge is 0.337 e. The van der Waals surface area contributed by atoms with Gasteiger partial charge in [0.1, 0.15) is 10.8 Å². The molecule has 0 saturated carbocycles. The van der Waals surface area contributed by atoms with Crippen LogP contribution in [0.3, 0.4) is 0 Å². The molecular weight excluding hydrogens is 335 g/mol. The third-order valence-electron chi connectivity index (χ3n) is 3.64. The smallest absolute Gasteiger partial charge is 0.256 e. The second-order valence-corrected chi connectivity index (χ2v) is 6.62. The van der Waals surface area contributed by atoms with Crippen LogP contribution >= 0.6 is 11.8 Å². The molecule has 3 nitrogen and oxygen atoms in total. The van der Waals surface area contributed by atoms with E-state index in [4.69, 9.17) is 0 Å². The third-order valence-corrected chi connectivity index (χ3v) is 4.67. The molecule has 3 rings (SSSR count). The number of hydrogen-bond acceptors (Lipinski definition) is 3. The van der Waals surface area contributed by atoms with E-state index in [0.29, 0.717) is 17.1 Å². The predicted molar refractivity (Wildman–Crippen MR) is 97.0 cm³/mol. The van der Waals surface area contributed by atoms with Crippen LogP contribution in [-0.2, 0) is 6.54 Å². The Bertz CT molecular complexity index is 853. The van der Waals surface area contributed by atoms with Crippen molar-refractivity contribution in [2.24, 2.45) is 0 Å². The monoisotopic (exact) mass is 352 g/mol. The molecule has 0 radical (unpaired) electrons. The number of aromatic nitrogens is 1. The quantitative estimate of drug-likeness (QED) is 0.670. The Morgan fingerprint density at radius 1 is 1.04 bits per heavy atom. The van der Waals surface area contributed by atoms with Gasteiger partial charge in [-0.2, -0.15) is 0 Å². The van der Waals surface area contributed by atoms with Gasteiger partial charge >= 0.3 is 0 Å². The highest BCUT2D eigenvalue weighted by molar-refractivity contribution is 7.99. The molecule has 0 unspecified atom stereocenters. The highest BCUT2D eigenvalue weighted by Gasteiger charge is 2.17. The summed E-state index contributed by atoms with van der Waals surface area (Å²) in [6.07, 6.45) is 1.68. The van der Waals surface area contributed by atoms with Crippen LogP contribution in [-0.4, -0.2) is 22.8 Å². The Hall–Kier alpha value is -2.66. The maximum Gasteiger partial charge on any atom is 0.256 e. The minimum absolute atomic E-state index is 0.115. The van der Waals surface area contributed by atoms with Crippen molar-refractivity contribution in [2.75, 3.05) is 7.05 Å². The second kappa shape index (κ2) is 7.94. The van der Waals surface area contributed by atoms with Gasteiger partial charge in [-0.1, -0.05) is 42.1 Å². The fourth-order valence-corrected chi connectivity index (χ4v) is 3.27. The number of pyridine rings is 1. The number of carbonyl (C=O) groups excluding carboxylic acids is 1. The molecule has 0 bridgehead atoms. The molecule has 126 valence electrons. The summed E-state index contributed by atoms with van der Waals surface area (Å²) in [6, 6.07) is 19.5. The van der Waals surface area contributed by atoms with Gasteiger partial charge < -0.3 is 4.90 Å². The van der Waals surface area contributed by atoms with Crippen molar-refractivity contribution >= 4 is 17.7 Å². The van der Waals surface area contributed by atoms with Crippen LogP contribution in [0.25, 0.3) is 0 Å². The Morgan fingerprint density at radius 2 is 1.76 bits per heavy atom. The summed E-state index contributed by atoms with van der Waals surface area (Å²) >= 11 is 1.46. The van der Waals surface area contributed by atoms with Gasteiger partial charge in [0.05, 0.1) is 5.56 Å². The van der Waals surface area contributed by atoms with Crippen LogP contribution in [0.4, 0.5) is 4.39 Å². The summed E-state index contributed by atoms with van der Waals surface area (Å²) in [5.41, 5.74) is 1.43. The van der Waals surface area contributed by atoms with Crippen molar-refractivity contribution in [3.8, 4) is 0 Å². The molecule has 0 N–H and O–H groups in total. The van der Waals surface area contributed by atoms with Crippen molar-refractivity contribution in [3.05, 3.63) is 89.9 Å². The minimum atomic E-state index is -0.286. The van der Waals surface area contributed by atoms with Crippen molar-refractivity contribution < 1.29 is 9.18 Å². The average Bonchev–Trinajstić information content (AvgIpc) is 2.64. The van der Waals surface area contributed by atoms with E-state index in [9.17, 15) is 9.18 Å². The van der Waals surface area contributed by atoms with E-state index in [1.165, 1.54) is 23.9 Å². The maximum absolute atomic E-state index is 13.0. The van der Waals surface area contributed by atoms with E-state index in [1.54, 1.807) is 42.4 Å². The zero-order chi connectivity index (χ0) is 17.6. The van der Waals surface area contributed by atoms with E-state index in [0.717, 1.165) is 10.5 Å². The lowest BCUT2D eigenvalue weighted by atomic mass is 10.2. The molecule has 1 aromatic heterocycles. The summed E-state index contributed by atoms with van der Waals surface area (Å²) in [6.45, 7) is 0.406. The summed E-state index contributed by atoms with van der Waals surface area (Å²) in [4.78, 5) is 19.8. The van der Waals surface area contributed by atoms with E-state index in [2.05, 4.69) is 4.98 Å². The SMILES string of the molecule is CN(Cc1ccc(F)cc1)C(=O)c1cccnc1Sc1ccccc1. The highest BCUT2D eigenvalue weighted by atomic mass is 32.2. The molecule has 0 aliphatic rings. The fourth-order valence-electron chi connectivity index (χ4n) is 2.38. The standard InChI is InChI=1S/C20H17FN2OS/c1-23(14-15-9-11-16(21)12-10-15)20(24)18-8-5-13-22-19(18)25-17-6-3-2-4-7-17/h2-13H,14H2,1H3. The van der Waals surface area contributed by atoms with E-state index < -0.39 is 0 Å². The van der Waals surface area contributed by atoms with Crippen LogP contribution in [0.2, 0.25) is 0 Å². The number of benzene rings is 2. The lowest BCUT2D eigenvalue weighted by Gasteiger charge is -2.18. The highest BCUT2D eigenvalue weighted by Crippen LogP contribution is 2.29. The molecule has 0 atom stereocenters. The topological polar surface area (TPSA) is 33.2 Å². The zero-order valence-corrected chi connectivity index (χ0v) is 14.5. The number of rotatable bonds is 5. The molecule has 5 heteroatoms. The number of amides is 1. The summed E-state index contributed by atoms with van der Waals surface area (Å²) in [5, 5.41) is 0.671. The summed E-state index contributed by atoms with van der Waals surface area (Å²) in [7, 11) is 1.73. The first-order valence-corrected chi connectivity index (χ1v) is 8.63. The first-order valence-electron chi connectivity index (χ1n) is 7.81. The molecule has 1 heterocycles. The first kappa shape index (κ1) is 17.2. The predicted octanol–water partition coefficient (Wildman–Crippen LogP) is 4.64. The Morgan fingerprint density at radius 3 is 2.48 bits per heavy atom. The van der Waals surface area contributed by atoms with Gasteiger partial charge in [0.2, 0.25) is 0 Å². The Balaban J connectivity index is 1.78. The molecule has 3 aromatic rings. The first-order chi connectivity index (χ1) is 12.1. The van der Waals surface area contributed by atoms with Gasteiger partial charge in [0, 0.05) is 24.7 Å². The molecule has 25 heavy (non-hydrogen) atoms.